The van der Waals surface area contributed by atoms with Gasteiger partial charge in [-0.3, -0.25) is 0 Å². The molecule has 0 aliphatic carbocycles. The van der Waals surface area contributed by atoms with Crippen LogP contribution in [0.25, 0.3) is 0 Å². The summed E-state index contributed by atoms with van der Waals surface area (Å²) in [6.45, 7) is 16.1. The van der Waals surface area contributed by atoms with Crippen LogP contribution in [0.1, 0.15) is 74.1 Å². The van der Waals surface area contributed by atoms with Gasteiger partial charge in [-0.15, -0.1) is 0 Å². The van der Waals surface area contributed by atoms with E-state index in [1.807, 2.05) is 21.6 Å². The summed E-state index contributed by atoms with van der Waals surface area (Å²) in [5, 5.41) is 0. The Hall–Kier alpha value is 0.220. The van der Waals surface area contributed by atoms with Crippen LogP contribution in [0, 0.1) is 23.7 Å². The summed E-state index contributed by atoms with van der Waals surface area (Å²) in [5.41, 5.74) is 0.267. The zero-order valence-electron chi connectivity index (χ0n) is 15.0. The molecule has 21 heavy (non-hydrogen) atoms. The first-order valence-corrected chi connectivity index (χ1v) is 10.4. The van der Waals surface area contributed by atoms with Gasteiger partial charge in [0.15, 0.2) is 0 Å². The highest BCUT2D eigenvalue weighted by Gasteiger charge is 2.17. The van der Waals surface area contributed by atoms with E-state index in [2.05, 4.69) is 60.3 Å². The number of hydrogen-bond donors (Lipinski definition) is 0. The molecule has 0 unspecified atom stereocenters. The lowest BCUT2D eigenvalue weighted by Gasteiger charge is -2.21. The molecule has 124 valence electrons. The standard InChI is InChI=1S/C18H34OS2/c1-15(2)11-8-9-13-17(20-21-18(5,6)7)19-14-10-12-16(3)4/h15-17H,8-9,11,13-14H2,1-7H3/t17-/m0/s1. The maximum atomic E-state index is 5.96. The summed E-state index contributed by atoms with van der Waals surface area (Å²) in [6.07, 6.45) is 4.99. The summed E-state index contributed by atoms with van der Waals surface area (Å²) in [7, 11) is 3.79. The van der Waals surface area contributed by atoms with Gasteiger partial charge < -0.3 is 4.74 Å². The predicted octanol–water partition coefficient (Wildman–Crippen LogP) is 6.38. The number of rotatable bonds is 9. The average Bonchev–Trinajstić information content (AvgIpc) is 2.33. The SMILES string of the molecule is CC(C)C#CCO[C@H](CCCCC(C)C)SSC(C)(C)C. The number of hydrogen-bond acceptors (Lipinski definition) is 3. The normalized spacial score (nSPS) is 13.4. The molecule has 0 aliphatic rings. The van der Waals surface area contributed by atoms with Crippen LogP contribution < -0.4 is 0 Å². The van der Waals surface area contributed by atoms with Crippen LogP contribution in [0.4, 0.5) is 0 Å². The molecule has 0 amide bonds. The lowest BCUT2D eigenvalue weighted by atomic mass is 10.1. The molecule has 0 heterocycles. The molecule has 1 nitrogen and oxygen atoms in total. The molecule has 0 aromatic heterocycles. The smallest absolute Gasteiger partial charge is 0.114 e. The second-order valence-electron chi connectivity index (χ2n) is 7.19. The van der Waals surface area contributed by atoms with Gasteiger partial charge in [0.25, 0.3) is 0 Å². The third-order valence-electron chi connectivity index (χ3n) is 2.61. The molecule has 0 saturated heterocycles. The van der Waals surface area contributed by atoms with Gasteiger partial charge in [-0.2, -0.15) is 0 Å². The van der Waals surface area contributed by atoms with Gasteiger partial charge in [-0.05, 0) is 18.8 Å². The first-order valence-electron chi connectivity index (χ1n) is 8.15. The summed E-state index contributed by atoms with van der Waals surface area (Å²) >= 11 is 0. The molecule has 0 bridgehead atoms. The van der Waals surface area contributed by atoms with E-state index in [9.17, 15) is 0 Å². The average molecular weight is 331 g/mol. The number of unbranched alkanes of at least 4 members (excludes halogenated alkanes) is 1. The fraction of sp³-hybridized carbons (Fsp3) is 0.889. The Morgan fingerprint density at radius 1 is 1.00 bits per heavy atom. The molecule has 0 radical (unpaired) electrons. The van der Waals surface area contributed by atoms with Crippen molar-refractivity contribution in [3.63, 3.8) is 0 Å². The lowest BCUT2D eigenvalue weighted by Crippen LogP contribution is -2.12. The fourth-order valence-electron chi connectivity index (χ4n) is 1.60. The van der Waals surface area contributed by atoms with Crippen molar-refractivity contribution in [2.75, 3.05) is 6.61 Å². The van der Waals surface area contributed by atoms with Crippen LogP contribution >= 0.6 is 21.6 Å². The van der Waals surface area contributed by atoms with Crippen molar-refractivity contribution >= 4 is 21.6 Å². The van der Waals surface area contributed by atoms with Crippen LogP contribution in [0.15, 0.2) is 0 Å². The van der Waals surface area contributed by atoms with Gasteiger partial charge in [0, 0.05) is 10.7 Å². The van der Waals surface area contributed by atoms with Crippen LogP contribution in [0.5, 0.6) is 0 Å². The van der Waals surface area contributed by atoms with E-state index >= 15 is 0 Å². The molecule has 0 aliphatic heterocycles. The minimum absolute atomic E-state index is 0.267. The molecule has 0 spiro atoms. The molecule has 0 N–H and O–H groups in total. The van der Waals surface area contributed by atoms with E-state index in [1.165, 1.54) is 19.3 Å². The summed E-state index contributed by atoms with van der Waals surface area (Å²) in [4.78, 5) is 0. The second kappa shape index (κ2) is 11.7. The highest BCUT2D eigenvalue weighted by Crippen LogP contribution is 2.39. The van der Waals surface area contributed by atoms with Crippen LogP contribution in [-0.4, -0.2) is 16.8 Å². The van der Waals surface area contributed by atoms with E-state index in [0.717, 1.165) is 12.3 Å². The quantitative estimate of drug-likeness (QED) is 0.210. The van der Waals surface area contributed by atoms with Gasteiger partial charge >= 0.3 is 0 Å². The second-order valence-corrected chi connectivity index (χ2v) is 10.4. The monoisotopic (exact) mass is 330 g/mol. The highest BCUT2D eigenvalue weighted by atomic mass is 33.1. The van der Waals surface area contributed by atoms with Crippen LogP contribution in [0.3, 0.4) is 0 Å². The van der Waals surface area contributed by atoms with E-state index in [0.29, 0.717) is 12.5 Å². The van der Waals surface area contributed by atoms with Crippen molar-refractivity contribution in [3.8, 4) is 11.8 Å². The van der Waals surface area contributed by atoms with Crippen molar-refractivity contribution in [3.05, 3.63) is 0 Å². The highest BCUT2D eigenvalue weighted by molar-refractivity contribution is 8.77. The van der Waals surface area contributed by atoms with Crippen molar-refractivity contribution in [2.45, 2.75) is 84.3 Å². The van der Waals surface area contributed by atoms with Gasteiger partial charge in [0.2, 0.25) is 0 Å². The Bertz CT molecular complexity index is 307. The van der Waals surface area contributed by atoms with Gasteiger partial charge in [0.05, 0.1) is 0 Å². The van der Waals surface area contributed by atoms with Gasteiger partial charge in [0.1, 0.15) is 12.0 Å². The Balaban J connectivity index is 4.12. The molecular weight excluding hydrogens is 296 g/mol. The Morgan fingerprint density at radius 3 is 2.14 bits per heavy atom. The topological polar surface area (TPSA) is 9.23 Å². The third kappa shape index (κ3) is 16.4. The molecule has 0 aromatic carbocycles. The first kappa shape index (κ1) is 21.2. The summed E-state index contributed by atoms with van der Waals surface area (Å²) in [6, 6.07) is 0. The zero-order valence-corrected chi connectivity index (χ0v) is 16.6. The Kier molecular flexibility index (Phi) is 11.9. The first-order chi connectivity index (χ1) is 9.70. The zero-order chi connectivity index (χ0) is 16.3. The summed E-state index contributed by atoms with van der Waals surface area (Å²) < 4.78 is 6.24. The van der Waals surface area contributed by atoms with Crippen molar-refractivity contribution in [2.24, 2.45) is 11.8 Å². The van der Waals surface area contributed by atoms with E-state index in [4.69, 9.17) is 4.74 Å². The molecule has 0 saturated carbocycles. The molecule has 0 rings (SSSR count). The van der Waals surface area contributed by atoms with Crippen molar-refractivity contribution in [1.82, 2.24) is 0 Å². The Morgan fingerprint density at radius 2 is 1.62 bits per heavy atom. The van der Waals surface area contributed by atoms with E-state index < -0.39 is 0 Å². The molecule has 3 heteroatoms. The number of ether oxygens (including phenoxy) is 1. The largest absolute Gasteiger partial charge is 0.354 e. The van der Waals surface area contributed by atoms with E-state index in [1.54, 1.807) is 0 Å². The fourth-order valence-corrected chi connectivity index (χ4v) is 4.03. The molecular formula is C18H34OS2. The van der Waals surface area contributed by atoms with Crippen molar-refractivity contribution < 1.29 is 4.74 Å². The Labute approximate surface area is 141 Å². The predicted molar refractivity (Wildman–Crippen MR) is 101 cm³/mol. The van der Waals surface area contributed by atoms with E-state index in [-0.39, 0.29) is 10.2 Å². The minimum atomic E-state index is 0.267. The molecule has 0 fully saturated rings. The maximum Gasteiger partial charge on any atom is 0.114 e. The van der Waals surface area contributed by atoms with Gasteiger partial charge in [-0.1, -0.05) is 94.7 Å². The summed E-state index contributed by atoms with van der Waals surface area (Å²) in [5.74, 6) is 7.52. The minimum Gasteiger partial charge on any atom is -0.354 e. The van der Waals surface area contributed by atoms with Crippen LogP contribution in [-0.2, 0) is 4.74 Å². The van der Waals surface area contributed by atoms with Crippen molar-refractivity contribution in [1.29, 1.82) is 0 Å². The molecule has 0 aromatic rings. The lowest BCUT2D eigenvalue weighted by molar-refractivity contribution is 0.135. The van der Waals surface area contributed by atoms with Gasteiger partial charge in [-0.25, -0.2) is 0 Å². The maximum absolute atomic E-state index is 5.96. The molecule has 1 atom stereocenters. The van der Waals surface area contributed by atoms with Crippen LogP contribution in [0.2, 0.25) is 0 Å². The third-order valence-corrected chi connectivity index (χ3v) is 6.22.